The van der Waals surface area contributed by atoms with Crippen LogP contribution in [-0.4, -0.2) is 4.57 Å². The van der Waals surface area contributed by atoms with Crippen LogP contribution in [0.25, 0.3) is 16.6 Å². The van der Waals surface area contributed by atoms with E-state index < -0.39 is 0 Å². The van der Waals surface area contributed by atoms with Crippen molar-refractivity contribution in [3.63, 3.8) is 0 Å². The van der Waals surface area contributed by atoms with E-state index in [0.717, 1.165) is 16.5 Å². The summed E-state index contributed by atoms with van der Waals surface area (Å²) >= 11 is 0. The summed E-state index contributed by atoms with van der Waals surface area (Å²) in [7, 11) is 1.96. The first kappa shape index (κ1) is 9.35. The SMILES string of the molecule is Cn1cc(/C(N)=C\C#N)c2ccccc21. The molecule has 0 spiro atoms. The van der Waals surface area contributed by atoms with E-state index in [1.807, 2.05) is 48.1 Å². The van der Waals surface area contributed by atoms with Gasteiger partial charge in [-0.1, -0.05) is 18.2 Å². The van der Waals surface area contributed by atoms with Gasteiger partial charge in [0.25, 0.3) is 0 Å². The Morgan fingerprint density at radius 1 is 1.47 bits per heavy atom. The van der Waals surface area contributed by atoms with Gasteiger partial charge in [0.1, 0.15) is 0 Å². The minimum Gasteiger partial charge on any atom is -0.398 e. The molecule has 1 heterocycles. The summed E-state index contributed by atoms with van der Waals surface area (Å²) < 4.78 is 2.00. The fourth-order valence-electron chi connectivity index (χ4n) is 1.72. The van der Waals surface area contributed by atoms with Crippen LogP contribution in [0.3, 0.4) is 0 Å². The maximum absolute atomic E-state index is 8.56. The lowest BCUT2D eigenvalue weighted by Gasteiger charge is -1.96. The molecule has 0 atom stereocenters. The van der Waals surface area contributed by atoms with Crippen LogP contribution >= 0.6 is 0 Å². The van der Waals surface area contributed by atoms with E-state index in [2.05, 4.69) is 0 Å². The van der Waals surface area contributed by atoms with Crippen LogP contribution in [0.5, 0.6) is 0 Å². The summed E-state index contributed by atoms with van der Waals surface area (Å²) in [5, 5.41) is 9.64. The highest BCUT2D eigenvalue weighted by Gasteiger charge is 2.07. The van der Waals surface area contributed by atoms with Gasteiger partial charge in [0.2, 0.25) is 0 Å². The third-order valence-electron chi connectivity index (χ3n) is 2.43. The van der Waals surface area contributed by atoms with Crippen LogP contribution in [0.15, 0.2) is 36.5 Å². The zero-order chi connectivity index (χ0) is 10.8. The molecule has 0 aliphatic rings. The van der Waals surface area contributed by atoms with Crippen molar-refractivity contribution >= 4 is 16.6 Å². The summed E-state index contributed by atoms with van der Waals surface area (Å²) in [4.78, 5) is 0. The van der Waals surface area contributed by atoms with Gasteiger partial charge in [0.05, 0.1) is 11.8 Å². The molecule has 0 fully saturated rings. The minimum atomic E-state index is 0.509. The third-order valence-corrected chi connectivity index (χ3v) is 2.43. The molecule has 0 unspecified atom stereocenters. The summed E-state index contributed by atoms with van der Waals surface area (Å²) in [6.45, 7) is 0. The number of rotatable bonds is 1. The van der Waals surface area contributed by atoms with Crippen molar-refractivity contribution in [2.45, 2.75) is 0 Å². The molecule has 1 aromatic carbocycles. The second-order valence-electron chi connectivity index (χ2n) is 3.40. The first-order valence-corrected chi connectivity index (χ1v) is 4.63. The number of allylic oxidation sites excluding steroid dienone is 1. The highest BCUT2D eigenvalue weighted by molar-refractivity contribution is 5.92. The van der Waals surface area contributed by atoms with E-state index in [4.69, 9.17) is 11.0 Å². The molecular formula is C12H11N3. The highest BCUT2D eigenvalue weighted by Crippen LogP contribution is 2.23. The van der Waals surface area contributed by atoms with E-state index in [-0.39, 0.29) is 0 Å². The number of benzene rings is 1. The Kier molecular flexibility index (Phi) is 2.18. The quantitative estimate of drug-likeness (QED) is 0.711. The van der Waals surface area contributed by atoms with Crippen molar-refractivity contribution in [1.29, 1.82) is 5.26 Å². The van der Waals surface area contributed by atoms with E-state index in [1.165, 1.54) is 6.08 Å². The van der Waals surface area contributed by atoms with E-state index in [9.17, 15) is 0 Å². The summed E-state index contributed by atoms with van der Waals surface area (Å²) in [5.74, 6) is 0. The number of para-hydroxylation sites is 1. The number of aryl methyl sites for hydroxylation is 1. The van der Waals surface area contributed by atoms with E-state index >= 15 is 0 Å². The molecule has 3 nitrogen and oxygen atoms in total. The van der Waals surface area contributed by atoms with E-state index in [0.29, 0.717) is 5.70 Å². The topological polar surface area (TPSA) is 54.7 Å². The smallest absolute Gasteiger partial charge is 0.0933 e. The third kappa shape index (κ3) is 1.46. The molecular weight excluding hydrogens is 186 g/mol. The average Bonchev–Trinajstić information content (AvgIpc) is 2.58. The number of fused-ring (bicyclic) bond motifs is 1. The summed E-state index contributed by atoms with van der Waals surface area (Å²) in [6.07, 6.45) is 3.30. The lowest BCUT2D eigenvalue weighted by atomic mass is 10.1. The van der Waals surface area contributed by atoms with E-state index in [1.54, 1.807) is 0 Å². The summed E-state index contributed by atoms with van der Waals surface area (Å²) in [6, 6.07) is 9.92. The molecule has 2 rings (SSSR count). The van der Waals surface area contributed by atoms with Crippen molar-refractivity contribution in [2.75, 3.05) is 0 Å². The first-order valence-electron chi connectivity index (χ1n) is 4.63. The van der Waals surface area contributed by atoms with Gasteiger partial charge >= 0.3 is 0 Å². The molecule has 0 amide bonds. The zero-order valence-corrected chi connectivity index (χ0v) is 8.44. The van der Waals surface area contributed by atoms with Crippen LogP contribution in [0, 0.1) is 11.3 Å². The van der Waals surface area contributed by atoms with Crippen LogP contribution < -0.4 is 5.73 Å². The highest BCUT2D eigenvalue weighted by atomic mass is 14.9. The maximum atomic E-state index is 8.56. The van der Waals surface area contributed by atoms with Crippen molar-refractivity contribution in [3.05, 3.63) is 42.1 Å². The van der Waals surface area contributed by atoms with Crippen LogP contribution in [0.4, 0.5) is 0 Å². The number of nitriles is 1. The number of aromatic nitrogens is 1. The molecule has 2 N–H and O–H groups in total. The monoisotopic (exact) mass is 197 g/mol. The number of hydrogen-bond donors (Lipinski definition) is 1. The van der Waals surface area contributed by atoms with Gasteiger partial charge in [-0.25, -0.2) is 0 Å². The molecule has 15 heavy (non-hydrogen) atoms. The van der Waals surface area contributed by atoms with Gasteiger partial charge in [-0.3, -0.25) is 0 Å². The Labute approximate surface area is 88.0 Å². The van der Waals surface area contributed by atoms with Crippen LogP contribution in [-0.2, 0) is 7.05 Å². The Balaban J connectivity index is 2.74. The molecule has 74 valence electrons. The molecule has 0 saturated heterocycles. The largest absolute Gasteiger partial charge is 0.398 e. The molecule has 0 bridgehead atoms. The Morgan fingerprint density at radius 3 is 2.93 bits per heavy atom. The van der Waals surface area contributed by atoms with Crippen LogP contribution in [0.1, 0.15) is 5.56 Å². The molecule has 3 heteroatoms. The Morgan fingerprint density at radius 2 is 2.20 bits per heavy atom. The molecule has 0 radical (unpaired) electrons. The van der Waals surface area contributed by atoms with Gasteiger partial charge in [0, 0.05) is 35.8 Å². The molecule has 1 aromatic heterocycles. The molecule has 0 aliphatic heterocycles. The average molecular weight is 197 g/mol. The van der Waals surface area contributed by atoms with Crippen LogP contribution in [0.2, 0.25) is 0 Å². The number of hydrogen-bond acceptors (Lipinski definition) is 2. The normalized spacial score (nSPS) is 11.6. The molecule has 2 aromatic rings. The van der Waals surface area contributed by atoms with Crippen molar-refractivity contribution in [2.24, 2.45) is 12.8 Å². The van der Waals surface area contributed by atoms with Crippen molar-refractivity contribution in [1.82, 2.24) is 4.57 Å². The van der Waals surface area contributed by atoms with Crippen molar-refractivity contribution in [3.8, 4) is 6.07 Å². The fraction of sp³-hybridized carbons (Fsp3) is 0.0833. The lowest BCUT2D eigenvalue weighted by molar-refractivity contribution is 0.967. The number of nitrogens with zero attached hydrogens (tertiary/aromatic N) is 2. The zero-order valence-electron chi connectivity index (χ0n) is 8.44. The number of nitrogens with two attached hydrogens (primary N) is 1. The Bertz CT molecular complexity index is 570. The molecule has 0 aliphatic carbocycles. The van der Waals surface area contributed by atoms with Gasteiger partial charge in [0.15, 0.2) is 0 Å². The first-order chi connectivity index (χ1) is 7.24. The van der Waals surface area contributed by atoms with Crippen molar-refractivity contribution < 1.29 is 0 Å². The Hall–Kier alpha value is -2.21. The van der Waals surface area contributed by atoms with Gasteiger partial charge in [-0.05, 0) is 6.07 Å². The fourth-order valence-corrected chi connectivity index (χ4v) is 1.72. The second kappa shape index (κ2) is 3.50. The maximum Gasteiger partial charge on any atom is 0.0933 e. The predicted molar refractivity (Wildman–Crippen MR) is 60.7 cm³/mol. The van der Waals surface area contributed by atoms with Gasteiger partial charge in [-0.2, -0.15) is 5.26 Å². The second-order valence-corrected chi connectivity index (χ2v) is 3.40. The van der Waals surface area contributed by atoms with Gasteiger partial charge < -0.3 is 10.3 Å². The standard InChI is InChI=1S/C12H11N3/c1-15-8-10(11(14)6-7-13)9-4-2-3-5-12(9)15/h2-6,8H,14H2,1H3/b11-6+. The van der Waals surface area contributed by atoms with Gasteiger partial charge in [-0.15, -0.1) is 0 Å². The predicted octanol–water partition coefficient (Wildman–Crippen LogP) is 2.00. The lowest BCUT2D eigenvalue weighted by Crippen LogP contribution is -1.94. The summed E-state index contributed by atoms with van der Waals surface area (Å²) in [5.41, 5.74) is 8.34. The minimum absolute atomic E-state index is 0.509. The molecule has 0 saturated carbocycles.